The fraction of sp³-hybridized carbons (Fsp3) is 0.522. The molecule has 4 saturated carbocycles. The second-order valence-corrected chi connectivity index (χ2v) is 10.1. The van der Waals surface area contributed by atoms with Crippen LogP contribution in [0.4, 0.5) is 5.69 Å². The van der Waals surface area contributed by atoms with Crippen molar-refractivity contribution in [2.75, 3.05) is 4.90 Å². The lowest BCUT2D eigenvalue weighted by Crippen LogP contribution is -2.55. The molecule has 1 heterocycles. The fourth-order valence-corrected chi connectivity index (χ4v) is 7.64. The molecule has 0 spiro atoms. The summed E-state index contributed by atoms with van der Waals surface area (Å²) in [5, 5.41) is 20.7. The molecule has 5 aliphatic rings. The highest BCUT2D eigenvalue weighted by Gasteiger charge is 2.60. The molecule has 4 bridgehead atoms. The van der Waals surface area contributed by atoms with Crippen LogP contribution in [-0.2, 0) is 4.79 Å². The van der Waals surface area contributed by atoms with Crippen LogP contribution in [0, 0.1) is 57.7 Å². The minimum Gasteiger partial charge on any atom is -0.273 e. The van der Waals surface area contributed by atoms with Crippen LogP contribution < -0.4 is 4.90 Å². The largest absolute Gasteiger partial charge is 0.273 e. The topological polar surface area (TPSA) is 67.9 Å². The van der Waals surface area contributed by atoms with Gasteiger partial charge in [0.1, 0.15) is 11.1 Å². The maximum atomic E-state index is 13.5. The Morgan fingerprint density at radius 3 is 2.17 bits per heavy atom. The van der Waals surface area contributed by atoms with E-state index in [1.54, 1.807) is 24.3 Å². The Bertz CT molecular complexity index is 967. The fourth-order valence-electron chi connectivity index (χ4n) is 7.11. The first kappa shape index (κ1) is 19.0. The molecule has 1 amide bonds. The van der Waals surface area contributed by atoms with Gasteiger partial charge >= 0.3 is 0 Å². The Labute approximate surface area is 180 Å². The van der Waals surface area contributed by atoms with E-state index < -0.39 is 11.8 Å². The zero-order valence-corrected chi connectivity index (χ0v) is 17.5. The van der Waals surface area contributed by atoms with E-state index >= 15 is 0 Å². The highest BCUT2D eigenvalue weighted by atomic mass is 35.5. The van der Waals surface area contributed by atoms with Gasteiger partial charge in [-0.1, -0.05) is 29.3 Å². The minimum absolute atomic E-state index is 0.131. The molecule has 1 aliphatic heterocycles. The SMILES string of the molecule is N#CC1=C(Cl)N(c2cccc(Cl)c2)C(=O)[C@@H](C#N)[C@@H]1C12CC3CC(CC(C3)C1)C2. The van der Waals surface area contributed by atoms with Crippen LogP contribution >= 0.6 is 23.2 Å². The summed E-state index contributed by atoms with van der Waals surface area (Å²) in [6.07, 6.45) is 6.77. The molecule has 1 aromatic carbocycles. The van der Waals surface area contributed by atoms with Crippen molar-refractivity contribution in [3.63, 3.8) is 0 Å². The van der Waals surface area contributed by atoms with Crippen LogP contribution in [0.2, 0.25) is 5.02 Å². The third-order valence-corrected chi connectivity index (χ3v) is 8.23. The lowest BCUT2D eigenvalue weighted by atomic mass is 9.44. The van der Waals surface area contributed by atoms with Crippen LogP contribution in [0.1, 0.15) is 38.5 Å². The smallest absolute Gasteiger partial charge is 0.250 e. The number of anilines is 1. The van der Waals surface area contributed by atoms with Gasteiger partial charge in [0.15, 0.2) is 0 Å². The van der Waals surface area contributed by atoms with E-state index in [0.29, 0.717) is 34.0 Å². The summed E-state index contributed by atoms with van der Waals surface area (Å²) >= 11 is 12.8. The van der Waals surface area contributed by atoms with Crippen molar-refractivity contribution in [1.82, 2.24) is 0 Å². The molecule has 1 aromatic rings. The number of halogens is 2. The summed E-state index contributed by atoms with van der Waals surface area (Å²) in [5.41, 5.74) is 0.723. The van der Waals surface area contributed by atoms with Crippen molar-refractivity contribution in [3.8, 4) is 12.1 Å². The first-order chi connectivity index (χ1) is 14.0. The second kappa shape index (κ2) is 6.76. The maximum Gasteiger partial charge on any atom is 0.250 e. The quantitative estimate of drug-likeness (QED) is 0.576. The number of nitriles is 2. The van der Waals surface area contributed by atoms with Gasteiger partial charge in [-0.05, 0) is 79.9 Å². The summed E-state index contributed by atoms with van der Waals surface area (Å²) in [4.78, 5) is 14.8. The Kier molecular flexibility index (Phi) is 4.43. The van der Waals surface area contributed by atoms with Crippen molar-refractivity contribution in [3.05, 3.63) is 40.0 Å². The number of carbonyl (C=O) groups excluding carboxylic acids is 1. The van der Waals surface area contributed by atoms with Crippen molar-refractivity contribution in [2.24, 2.45) is 35.0 Å². The molecule has 6 rings (SSSR count). The van der Waals surface area contributed by atoms with Crippen LogP contribution in [0.3, 0.4) is 0 Å². The van der Waals surface area contributed by atoms with Crippen molar-refractivity contribution < 1.29 is 4.79 Å². The summed E-state index contributed by atoms with van der Waals surface area (Å²) in [7, 11) is 0. The van der Waals surface area contributed by atoms with Gasteiger partial charge in [-0.25, -0.2) is 0 Å². The van der Waals surface area contributed by atoms with Crippen molar-refractivity contribution in [2.45, 2.75) is 38.5 Å². The zero-order chi connectivity index (χ0) is 20.3. The molecule has 0 saturated heterocycles. The number of hydrogen-bond acceptors (Lipinski definition) is 3. The van der Waals surface area contributed by atoms with Crippen LogP contribution in [0.5, 0.6) is 0 Å². The monoisotopic (exact) mass is 425 g/mol. The molecule has 29 heavy (non-hydrogen) atoms. The molecule has 0 N–H and O–H groups in total. The minimum atomic E-state index is -0.901. The van der Waals surface area contributed by atoms with E-state index in [0.717, 1.165) is 19.3 Å². The summed E-state index contributed by atoms with van der Waals surface area (Å²) in [6, 6.07) is 11.4. The molecule has 4 aliphatic carbocycles. The Balaban J connectivity index is 1.64. The lowest BCUT2D eigenvalue weighted by Gasteiger charge is -2.60. The average molecular weight is 426 g/mol. The Morgan fingerprint density at radius 1 is 1.03 bits per heavy atom. The number of rotatable bonds is 2. The van der Waals surface area contributed by atoms with Gasteiger partial charge < -0.3 is 0 Å². The van der Waals surface area contributed by atoms with Gasteiger partial charge in [0, 0.05) is 10.9 Å². The number of nitrogens with zero attached hydrogens (tertiary/aromatic N) is 3. The second-order valence-electron chi connectivity index (χ2n) is 9.33. The molecule has 0 unspecified atom stereocenters. The Morgan fingerprint density at radius 2 is 1.66 bits per heavy atom. The van der Waals surface area contributed by atoms with E-state index in [1.165, 1.54) is 24.2 Å². The van der Waals surface area contributed by atoms with Crippen LogP contribution in [0.15, 0.2) is 35.0 Å². The molecular formula is C23H21Cl2N3O. The molecule has 4 nitrogen and oxygen atoms in total. The van der Waals surface area contributed by atoms with Gasteiger partial charge in [0.25, 0.3) is 0 Å². The van der Waals surface area contributed by atoms with E-state index in [-0.39, 0.29) is 16.5 Å². The van der Waals surface area contributed by atoms with Crippen LogP contribution in [-0.4, -0.2) is 5.91 Å². The van der Waals surface area contributed by atoms with E-state index in [1.807, 2.05) is 0 Å². The number of allylic oxidation sites excluding steroid dienone is 1. The van der Waals surface area contributed by atoms with Gasteiger partial charge in [-0.2, -0.15) is 10.5 Å². The molecule has 0 aromatic heterocycles. The van der Waals surface area contributed by atoms with E-state index in [4.69, 9.17) is 23.2 Å². The zero-order valence-electron chi connectivity index (χ0n) is 15.9. The Hall–Kier alpha value is -2.01. The van der Waals surface area contributed by atoms with Crippen LogP contribution in [0.25, 0.3) is 0 Å². The molecule has 2 atom stereocenters. The van der Waals surface area contributed by atoms with Gasteiger partial charge in [-0.15, -0.1) is 0 Å². The molecule has 148 valence electrons. The van der Waals surface area contributed by atoms with Gasteiger partial charge in [0.05, 0.1) is 23.4 Å². The highest BCUT2D eigenvalue weighted by Crippen LogP contribution is 2.65. The normalized spacial score (nSPS) is 38.1. The predicted octanol–water partition coefficient (Wildman–Crippen LogP) is 5.63. The number of benzene rings is 1. The number of hydrogen-bond donors (Lipinski definition) is 0. The first-order valence-electron chi connectivity index (χ1n) is 10.2. The lowest BCUT2D eigenvalue weighted by molar-refractivity contribution is -0.129. The molecular weight excluding hydrogens is 405 g/mol. The first-order valence-corrected chi connectivity index (χ1v) is 11.0. The van der Waals surface area contributed by atoms with E-state index in [9.17, 15) is 15.3 Å². The summed E-state index contributed by atoms with van der Waals surface area (Å²) in [6.45, 7) is 0. The number of amides is 1. The van der Waals surface area contributed by atoms with Gasteiger partial charge in [0.2, 0.25) is 5.91 Å². The molecule has 4 fully saturated rings. The maximum absolute atomic E-state index is 13.5. The van der Waals surface area contributed by atoms with E-state index in [2.05, 4.69) is 12.1 Å². The number of carbonyl (C=O) groups is 1. The van der Waals surface area contributed by atoms with Crippen molar-refractivity contribution >= 4 is 34.8 Å². The summed E-state index contributed by atoms with van der Waals surface area (Å²) in [5.74, 6) is 0.296. The highest BCUT2D eigenvalue weighted by molar-refractivity contribution is 6.35. The third-order valence-electron chi connectivity index (χ3n) is 7.62. The molecule has 0 radical (unpaired) electrons. The van der Waals surface area contributed by atoms with Gasteiger partial charge in [-0.3, -0.25) is 9.69 Å². The molecule has 6 heteroatoms. The van der Waals surface area contributed by atoms with Crippen molar-refractivity contribution in [1.29, 1.82) is 10.5 Å². The standard InChI is InChI=1S/C23H21Cl2N3O/c24-16-2-1-3-17(7-16)28-21(25)18(11-26)20(19(12-27)22(28)29)23-8-13-4-14(9-23)6-15(5-13)10-23/h1-3,7,13-15,19-20H,4-6,8-10H2/t13?,14?,15?,19-,20+,23?/m0/s1. The third kappa shape index (κ3) is 2.81. The summed E-state index contributed by atoms with van der Waals surface area (Å²) < 4.78 is 0. The predicted molar refractivity (Wildman–Crippen MR) is 111 cm³/mol. The average Bonchev–Trinajstić information content (AvgIpc) is 2.67.